The van der Waals surface area contributed by atoms with Crippen LogP contribution in [0, 0.1) is 9.49 Å². The van der Waals surface area contributed by atoms with Gasteiger partial charge in [0, 0.05) is 22.5 Å². The van der Waals surface area contributed by atoms with Crippen LogP contribution in [0.15, 0.2) is 36.7 Å². The highest BCUT2D eigenvalue weighted by molar-refractivity contribution is 14.1. The zero-order valence-corrected chi connectivity index (χ0v) is 12.2. The number of rotatable bonds is 4. The molecule has 0 unspecified atom stereocenters. The highest BCUT2D eigenvalue weighted by atomic mass is 127. The fourth-order valence-electron chi connectivity index (χ4n) is 1.66. The van der Waals surface area contributed by atoms with Gasteiger partial charge in [-0.1, -0.05) is 26.0 Å². The topological polar surface area (TPSA) is 29.9 Å². The zero-order chi connectivity index (χ0) is 12.3. The lowest BCUT2D eigenvalue weighted by atomic mass is 10.2. The van der Waals surface area contributed by atoms with Crippen LogP contribution in [-0.2, 0) is 6.54 Å². The number of hydrogen-bond donors (Lipinski definition) is 1. The monoisotopic (exact) mass is 341 g/mol. The van der Waals surface area contributed by atoms with Gasteiger partial charge >= 0.3 is 0 Å². The van der Waals surface area contributed by atoms with Crippen molar-refractivity contribution in [2.75, 3.05) is 5.32 Å². The lowest BCUT2D eigenvalue weighted by Crippen LogP contribution is -2.07. The molecule has 1 aromatic heterocycles. The fraction of sp³-hybridized carbons (Fsp3) is 0.308. The number of hydrogen-bond acceptors (Lipinski definition) is 2. The lowest BCUT2D eigenvalue weighted by Gasteiger charge is -2.12. The van der Waals surface area contributed by atoms with E-state index >= 15 is 0 Å². The van der Waals surface area contributed by atoms with Crippen molar-refractivity contribution in [1.82, 2.24) is 9.55 Å². The number of nitrogens with one attached hydrogen (secondary N) is 1. The number of imidazole rings is 1. The summed E-state index contributed by atoms with van der Waals surface area (Å²) in [5.41, 5.74) is 1.10. The van der Waals surface area contributed by atoms with E-state index in [1.807, 2.05) is 24.5 Å². The molecule has 1 heterocycles. The van der Waals surface area contributed by atoms with Crippen LogP contribution in [-0.4, -0.2) is 9.55 Å². The molecule has 0 saturated heterocycles. The molecule has 90 valence electrons. The predicted molar refractivity (Wildman–Crippen MR) is 79.5 cm³/mol. The van der Waals surface area contributed by atoms with Crippen LogP contribution in [0.5, 0.6) is 0 Å². The molecule has 0 fully saturated rings. The minimum atomic E-state index is 0.611. The summed E-state index contributed by atoms with van der Waals surface area (Å²) in [4.78, 5) is 4.35. The van der Waals surface area contributed by atoms with Crippen LogP contribution in [0.4, 0.5) is 11.6 Å². The summed E-state index contributed by atoms with van der Waals surface area (Å²) in [5.74, 6) is 1.52. The van der Waals surface area contributed by atoms with E-state index in [0.29, 0.717) is 5.92 Å². The molecule has 0 radical (unpaired) electrons. The van der Waals surface area contributed by atoms with Crippen molar-refractivity contribution in [1.29, 1.82) is 0 Å². The average molecular weight is 341 g/mol. The molecule has 1 N–H and O–H groups in total. The normalized spacial score (nSPS) is 10.8. The maximum Gasteiger partial charge on any atom is 0.207 e. The van der Waals surface area contributed by atoms with Crippen LogP contribution in [0.2, 0.25) is 0 Å². The van der Waals surface area contributed by atoms with E-state index < -0.39 is 0 Å². The minimum Gasteiger partial charge on any atom is -0.325 e. The molecule has 0 spiro atoms. The Balaban J connectivity index is 2.19. The Morgan fingerprint density at radius 2 is 2.12 bits per heavy atom. The van der Waals surface area contributed by atoms with Gasteiger partial charge in [-0.2, -0.15) is 0 Å². The number of halogens is 1. The van der Waals surface area contributed by atoms with Gasteiger partial charge in [-0.15, -0.1) is 0 Å². The summed E-state index contributed by atoms with van der Waals surface area (Å²) in [7, 11) is 0. The van der Waals surface area contributed by atoms with Gasteiger partial charge in [-0.3, -0.25) is 0 Å². The van der Waals surface area contributed by atoms with Gasteiger partial charge < -0.3 is 9.88 Å². The van der Waals surface area contributed by atoms with E-state index in [-0.39, 0.29) is 0 Å². The maximum atomic E-state index is 4.35. The van der Waals surface area contributed by atoms with Crippen molar-refractivity contribution >= 4 is 34.2 Å². The van der Waals surface area contributed by atoms with Crippen molar-refractivity contribution < 1.29 is 0 Å². The molecule has 2 rings (SSSR count). The molecule has 0 atom stereocenters. The molecular weight excluding hydrogens is 325 g/mol. The fourth-order valence-corrected chi connectivity index (χ4v) is 2.18. The largest absolute Gasteiger partial charge is 0.325 e. The van der Waals surface area contributed by atoms with Crippen LogP contribution in [0.25, 0.3) is 0 Å². The Labute approximate surface area is 115 Å². The van der Waals surface area contributed by atoms with Crippen molar-refractivity contribution in [3.63, 3.8) is 0 Å². The quantitative estimate of drug-likeness (QED) is 0.855. The summed E-state index contributed by atoms with van der Waals surface area (Å²) < 4.78 is 3.34. The van der Waals surface area contributed by atoms with Crippen molar-refractivity contribution in [2.24, 2.45) is 5.92 Å². The first kappa shape index (κ1) is 12.4. The van der Waals surface area contributed by atoms with Crippen molar-refractivity contribution in [2.45, 2.75) is 20.4 Å². The van der Waals surface area contributed by atoms with Crippen LogP contribution < -0.4 is 5.32 Å². The van der Waals surface area contributed by atoms with E-state index in [4.69, 9.17) is 0 Å². The minimum absolute atomic E-state index is 0.611. The average Bonchev–Trinajstić information content (AvgIpc) is 2.68. The number of nitrogens with zero attached hydrogens (tertiary/aromatic N) is 2. The Morgan fingerprint density at radius 1 is 1.35 bits per heavy atom. The molecule has 2 aromatic rings. The summed E-state index contributed by atoms with van der Waals surface area (Å²) in [6.45, 7) is 5.39. The van der Waals surface area contributed by atoms with Gasteiger partial charge in [0.15, 0.2) is 0 Å². The van der Waals surface area contributed by atoms with Crippen molar-refractivity contribution in [3.8, 4) is 0 Å². The first-order chi connectivity index (χ1) is 8.16. The van der Waals surface area contributed by atoms with Crippen LogP contribution in [0.1, 0.15) is 13.8 Å². The maximum absolute atomic E-state index is 4.35. The van der Waals surface area contributed by atoms with Gasteiger partial charge in [0.05, 0.1) is 5.69 Å². The van der Waals surface area contributed by atoms with E-state index in [1.54, 1.807) is 0 Å². The third kappa shape index (κ3) is 3.21. The number of para-hydroxylation sites is 1. The summed E-state index contributed by atoms with van der Waals surface area (Å²) in [5, 5.41) is 3.37. The molecule has 0 saturated carbocycles. The summed E-state index contributed by atoms with van der Waals surface area (Å²) in [6, 6.07) is 8.21. The molecule has 0 bridgehead atoms. The zero-order valence-electron chi connectivity index (χ0n) is 10.0. The molecule has 0 aliphatic rings. The summed E-state index contributed by atoms with van der Waals surface area (Å²) in [6.07, 6.45) is 3.85. The van der Waals surface area contributed by atoms with Crippen molar-refractivity contribution in [3.05, 3.63) is 40.2 Å². The van der Waals surface area contributed by atoms with Crippen LogP contribution >= 0.6 is 22.6 Å². The number of benzene rings is 1. The van der Waals surface area contributed by atoms with E-state index in [0.717, 1.165) is 18.2 Å². The first-order valence-electron chi connectivity index (χ1n) is 5.69. The highest BCUT2D eigenvalue weighted by Gasteiger charge is 2.06. The van der Waals surface area contributed by atoms with Gasteiger partial charge in [0.25, 0.3) is 0 Å². The van der Waals surface area contributed by atoms with Gasteiger partial charge in [-0.05, 0) is 40.6 Å². The molecule has 4 heteroatoms. The number of anilines is 2. The predicted octanol–water partition coefficient (Wildman–Crippen LogP) is 3.89. The molecule has 0 amide bonds. The smallest absolute Gasteiger partial charge is 0.207 e. The molecule has 1 aromatic carbocycles. The molecular formula is C13H16IN3. The van der Waals surface area contributed by atoms with E-state index in [1.165, 1.54) is 3.57 Å². The van der Waals surface area contributed by atoms with Gasteiger partial charge in [0.2, 0.25) is 5.95 Å². The van der Waals surface area contributed by atoms with Gasteiger partial charge in [0.1, 0.15) is 0 Å². The molecule has 17 heavy (non-hydrogen) atoms. The number of aromatic nitrogens is 2. The summed E-state index contributed by atoms with van der Waals surface area (Å²) >= 11 is 2.32. The van der Waals surface area contributed by atoms with Crippen LogP contribution in [0.3, 0.4) is 0 Å². The third-order valence-corrected chi connectivity index (χ3v) is 3.34. The first-order valence-corrected chi connectivity index (χ1v) is 6.77. The Kier molecular flexibility index (Phi) is 4.04. The Hall–Kier alpha value is -1.04. The SMILES string of the molecule is CC(C)Cn1ccnc1Nc1ccccc1I. The highest BCUT2D eigenvalue weighted by Crippen LogP contribution is 2.21. The Morgan fingerprint density at radius 3 is 2.82 bits per heavy atom. The second-order valence-electron chi connectivity index (χ2n) is 4.40. The van der Waals surface area contributed by atoms with E-state index in [9.17, 15) is 0 Å². The molecule has 0 aliphatic carbocycles. The molecule has 3 nitrogen and oxygen atoms in total. The lowest BCUT2D eigenvalue weighted by molar-refractivity contribution is 0.527. The third-order valence-electron chi connectivity index (χ3n) is 2.40. The van der Waals surface area contributed by atoms with Gasteiger partial charge in [-0.25, -0.2) is 4.98 Å². The Bertz CT molecular complexity index is 491. The standard InChI is InChI=1S/C13H16IN3/c1-10(2)9-17-8-7-15-13(17)16-12-6-4-3-5-11(12)14/h3-8,10H,9H2,1-2H3,(H,15,16). The molecule has 0 aliphatic heterocycles. The second kappa shape index (κ2) is 5.53. The second-order valence-corrected chi connectivity index (χ2v) is 5.56. The van der Waals surface area contributed by atoms with E-state index in [2.05, 4.69) is 63.4 Å².